The van der Waals surface area contributed by atoms with Gasteiger partial charge in [-0.15, -0.1) is 0 Å². The lowest BCUT2D eigenvalue weighted by molar-refractivity contribution is -0.118. The lowest BCUT2D eigenvalue weighted by Crippen LogP contribution is -2.47. The number of halogens is 1. The summed E-state index contributed by atoms with van der Waals surface area (Å²) in [4.78, 5) is 25.1. The van der Waals surface area contributed by atoms with Crippen LogP contribution in [0.2, 0.25) is 0 Å². The molecule has 0 fully saturated rings. The molecule has 0 aromatic heterocycles. The minimum atomic E-state index is -0.783. The quantitative estimate of drug-likeness (QED) is 0.780. The number of methoxy groups -OCH3 is 2. The molecule has 7 heteroatoms. The molecule has 0 unspecified atom stereocenters. The van der Waals surface area contributed by atoms with Gasteiger partial charge in [0.15, 0.2) is 0 Å². The first-order valence-corrected chi connectivity index (χ1v) is 8.45. The zero-order chi connectivity index (χ0) is 20.0. The smallest absolute Gasteiger partial charge is 0.251 e. The second-order valence-electron chi connectivity index (χ2n) is 6.26. The summed E-state index contributed by atoms with van der Waals surface area (Å²) in [6, 6.07) is 9.35. The highest BCUT2D eigenvalue weighted by Gasteiger charge is 2.25. The number of benzene rings is 2. The third-order valence-corrected chi connectivity index (χ3v) is 4.01. The molecule has 2 rings (SSSR count). The molecule has 27 heavy (non-hydrogen) atoms. The Bertz CT molecular complexity index is 806. The number of anilines is 1. The normalized spacial score (nSPS) is 11.6. The summed E-state index contributed by atoms with van der Waals surface area (Å²) in [6.45, 7) is 3.64. The second kappa shape index (κ2) is 9.02. The maximum Gasteiger partial charge on any atom is 0.251 e. The van der Waals surface area contributed by atoms with Crippen LogP contribution in [0.1, 0.15) is 24.2 Å². The van der Waals surface area contributed by atoms with Gasteiger partial charge in [0.25, 0.3) is 5.91 Å². The topological polar surface area (TPSA) is 76.7 Å². The van der Waals surface area contributed by atoms with Gasteiger partial charge in [-0.25, -0.2) is 4.39 Å². The van der Waals surface area contributed by atoms with Crippen LogP contribution in [0.15, 0.2) is 42.5 Å². The lowest BCUT2D eigenvalue weighted by atomic mass is 10.0. The van der Waals surface area contributed by atoms with Crippen LogP contribution >= 0.6 is 0 Å². The highest BCUT2D eigenvalue weighted by Crippen LogP contribution is 2.29. The third kappa shape index (κ3) is 5.20. The van der Waals surface area contributed by atoms with Crippen molar-refractivity contribution in [1.82, 2.24) is 5.32 Å². The Labute approximate surface area is 157 Å². The standard InChI is InChI=1S/C20H23FN2O4/c1-12(2)18(23-19(24)13-5-7-14(21)8-6-13)20(25)22-16-10-9-15(26-3)11-17(16)27-4/h5-12,18H,1-4H3,(H,22,25)(H,23,24)/t18-/m0/s1. The molecule has 0 spiro atoms. The van der Waals surface area contributed by atoms with Crippen LogP contribution in [0.25, 0.3) is 0 Å². The number of amides is 2. The molecule has 2 N–H and O–H groups in total. The molecule has 0 aliphatic heterocycles. The minimum absolute atomic E-state index is 0.168. The molecule has 0 aliphatic rings. The van der Waals surface area contributed by atoms with E-state index in [1.807, 2.05) is 13.8 Å². The van der Waals surface area contributed by atoms with Gasteiger partial charge < -0.3 is 20.1 Å². The summed E-state index contributed by atoms with van der Waals surface area (Å²) in [7, 11) is 3.02. The number of nitrogens with one attached hydrogen (secondary N) is 2. The zero-order valence-corrected chi connectivity index (χ0v) is 15.7. The fraction of sp³-hybridized carbons (Fsp3) is 0.300. The Balaban J connectivity index is 2.15. The summed E-state index contributed by atoms with van der Waals surface area (Å²) < 4.78 is 23.4. The Morgan fingerprint density at radius 3 is 2.22 bits per heavy atom. The molecule has 0 heterocycles. The first-order valence-electron chi connectivity index (χ1n) is 8.45. The molecule has 6 nitrogen and oxygen atoms in total. The van der Waals surface area contributed by atoms with Crippen LogP contribution in [0.5, 0.6) is 11.5 Å². The third-order valence-electron chi connectivity index (χ3n) is 4.01. The van der Waals surface area contributed by atoms with E-state index in [9.17, 15) is 14.0 Å². The van der Waals surface area contributed by atoms with Gasteiger partial charge in [0, 0.05) is 11.6 Å². The van der Waals surface area contributed by atoms with E-state index in [1.54, 1.807) is 18.2 Å². The molecule has 0 saturated heterocycles. The molecule has 1 atom stereocenters. The Kier molecular flexibility index (Phi) is 6.76. The van der Waals surface area contributed by atoms with Crippen molar-refractivity contribution in [3.8, 4) is 11.5 Å². The number of carbonyl (C=O) groups excluding carboxylic acids is 2. The van der Waals surface area contributed by atoms with Gasteiger partial charge in [-0.3, -0.25) is 9.59 Å². The zero-order valence-electron chi connectivity index (χ0n) is 15.7. The van der Waals surface area contributed by atoms with Crippen LogP contribution in [-0.4, -0.2) is 32.1 Å². The minimum Gasteiger partial charge on any atom is -0.497 e. The molecular weight excluding hydrogens is 351 g/mol. The second-order valence-corrected chi connectivity index (χ2v) is 6.26. The van der Waals surface area contributed by atoms with Gasteiger partial charge in [-0.2, -0.15) is 0 Å². The van der Waals surface area contributed by atoms with Gasteiger partial charge in [-0.05, 0) is 42.3 Å². The largest absolute Gasteiger partial charge is 0.497 e. The van der Waals surface area contributed by atoms with Crippen LogP contribution in [0, 0.1) is 11.7 Å². The first kappa shape index (κ1) is 20.2. The van der Waals surface area contributed by atoms with Crippen molar-refractivity contribution in [3.63, 3.8) is 0 Å². The highest BCUT2D eigenvalue weighted by atomic mass is 19.1. The number of rotatable bonds is 7. The van der Waals surface area contributed by atoms with Crippen LogP contribution in [0.3, 0.4) is 0 Å². The van der Waals surface area contributed by atoms with Gasteiger partial charge in [0.05, 0.1) is 19.9 Å². The molecule has 0 saturated carbocycles. The lowest BCUT2D eigenvalue weighted by Gasteiger charge is -2.22. The maximum absolute atomic E-state index is 13.0. The van der Waals surface area contributed by atoms with Crippen LogP contribution in [-0.2, 0) is 4.79 Å². The molecule has 2 amide bonds. The van der Waals surface area contributed by atoms with Crippen molar-refractivity contribution >= 4 is 17.5 Å². The fourth-order valence-corrected chi connectivity index (χ4v) is 2.47. The summed E-state index contributed by atoms with van der Waals surface area (Å²) in [5, 5.41) is 5.46. The molecule has 2 aromatic rings. The first-order chi connectivity index (χ1) is 12.8. The maximum atomic E-state index is 13.0. The predicted octanol–water partition coefficient (Wildman–Crippen LogP) is 3.24. The molecule has 0 bridgehead atoms. The van der Waals surface area contributed by atoms with Gasteiger partial charge in [0.1, 0.15) is 23.4 Å². The van der Waals surface area contributed by atoms with E-state index >= 15 is 0 Å². The van der Waals surface area contributed by atoms with Gasteiger partial charge in [-0.1, -0.05) is 13.8 Å². The Morgan fingerprint density at radius 1 is 1.00 bits per heavy atom. The van der Waals surface area contributed by atoms with Crippen molar-refractivity contribution in [2.45, 2.75) is 19.9 Å². The fourth-order valence-electron chi connectivity index (χ4n) is 2.47. The van der Waals surface area contributed by atoms with Crippen molar-refractivity contribution < 1.29 is 23.5 Å². The van der Waals surface area contributed by atoms with E-state index in [4.69, 9.17) is 9.47 Å². The Hall–Kier alpha value is -3.09. The Morgan fingerprint density at radius 2 is 1.67 bits per heavy atom. The van der Waals surface area contributed by atoms with Crippen molar-refractivity contribution in [2.75, 3.05) is 19.5 Å². The molecule has 0 aliphatic carbocycles. The number of hydrogen-bond acceptors (Lipinski definition) is 4. The monoisotopic (exact) mass is 374 g/mol. The van der Waals surface area contributed by atoms with Crippen molar-refractivity contribution in [3.05, 3.63) is 53.8 Å². The van der Waals surface area contributed by atoms with E-state index in [-0.39, 0.29) is 17.4 Å². The van der Waals surface area contributed by atoms with Crippen molar-refractivity contribution in [2.24, 2.45) is 5.92 Å². The summed E-state index contributed by atoms with van der Waals surface area (Å²) in [6.07, 6.45) is 0. The van der Waals surface area contributed by atoms with Crippen LogP contribution in [0.4, 0.5) is 10.1 Å². The van der Waals surface area contributed by atoms with E-state index in [0.29, 0.717) is 17.2 Å². The summed E-state index contributed by atoms with van der Waals surface area (Å²) >= 11 is 0. The summed E-state index contributed by atoms with van der Waals surface area (Å²) in [5.41, 5.74) is 0.738. The van der Waals surface area contributed by atoms with E-state index < -0.39 is 17.8 Å². The number of carbonyl (C=O) groups is 2. The number of hydrogen-bond donors (Lipinski definition) is 2. The van der Waals surface area contributed by atoms with Gasteiger partial charge >= 0.3 is 0 Å². The van der Waals surface area contributed by atoms with Crippen molar-refractivity contribution in [1.29, 1.82) is 0 Å². The summed E-state index contributed by atoms with van der Waals surface area (Å²) in [5.74, 6) is -0.408. The SMILES string of the molecule is COc1ccc(NC(=O)[C@@H](NC(=O)c2ccc(F)cc2)C(C)C)c(OC)c1. The molecule has 2 aromatic carbocycles. The average Bonchev–Trinajstić information content (AvgIpc) is 2.66. The number of ether oxygens (including phenoxy) is 2. The van der Waals surface area contributed by atoms with E-state index in [0.717, 1.165) is 0 Å². The average molecular weight is 374 g/mol. The van der Waals surface area contributed by atoms with Crippen LogP contribution < -0.4 is 20.1 Å². The highest BCUT2D eigenvalue weighted by molar-refractivity contribution is 6.01. The predicted molar refractivity (Wildman–Crippen MR) is 101 cm³/mol. The molecular formula is C20H23FN2O4. The van der Waals surface area contributed by atoms with E-state index in [2.05, 4.69) is 10.6 Å². The van der Waals surface area contributed by atoms with Gasteiger partial charge in [0.2, 0.25) is 5.91 Å². The van der Waals surface area contributed by atoms with E-state index in [1.165, 1.54) is 38.5 Å². The molecule has 0 radical (unpaired) electrons. The molecule has 144 valence electrons.